The lowest BCUT2D eigenvalue weighted by Gasteiger charge is -2.19. The van der Waals surface area contributed by atoms with E-state index in [1.54, 1.807) is 6.33 Å². The summed E-state index contributed by atoms with van der Waals surface area (Å²) in [5.41, 5.74) is 2.41. The molecule has 0 radical (unpaired) electrons. The number of rotatable bonds is 3. The number of aliphatic carboxylic acids is 1. The lowest BCUT2D eigenvalue weighted by Crippen LogP contribution is -2.15. The zero-order valence-corrected chi connectivity index (χ0v) is 8.94. The minimum absolute atomic E-state index is 0.178. The second kappa shape index (κ2) is 4.04. The van der Waals surface area contributed by atoms with E-state index in [-0.39, 0.29) is 6.42 Å². The quantitative estimate of drug-likeness (QED) is 0.818. The molecule has 1 unspecified atom stereocenters. The van der Waals surface area contributed by atoms with E-state index >= 15 is 0 Å². The van der Waals surface area contributed by atoms with Gasteiger partial charge in [0.05, 0.1) is 18.4 Å². The Kier molecular flexibility index (Phi) is 2.75. The number of hydrogen-bond donors (Lipinski definition) is 1. The van der Waals surface area contributed by atoms with E-state index in [1.165, 1.54) is 17.8 Å². The second-order valence-electron chi connectivity index (χ2n) is 4.32. The summed E-state index contributed by atoms with van der Waals surface area (Å²) in [6.07, 6.45) is 5.23. The van der Waals surface area contributed by atoms with Crippen LogP contribution >= 0.6 is 0 Å². The molecule has 82 valence electrons. The van der Waals surface area contributed by atoms with Crippen LogP contribution in [0, 0.1) is 5.92 Å². The van der Waals surface area contributed by atoms with E-state index in [0.29, 0.717) is 12.5 Å². The number of hydrogen-bond acceptors (Lipinski definition) is 2. The van der Waals surface area contributed by atoms with E-state index < -0.39 is 5.97 Å². The van der Waals surface area contributed by atoms with Crippen LogP contribution < -0.4 is 0 Å². The maximum absolute atomic E-state index is 10.5. The van der Waals surface area contributed by atoms with Crippen molar-refractivity contribution in [1.82, 2.24) is 9.55 Å². The monoisotopic (exact) mass is 208 g/mol. The third kappa shape index (κ3) is 2.19. The van der Waals surface area contributed by atoms with E-state index in [0.717, 1.165) is 12.8 Å². The summed E-state index contributed by atoms with van der Waals surface area (Å²) in [5, 5.41) is 8.63. The van der Waals surface area contributed by atoms with Crippen molar-refractivity contribution in [3.05, 3.63) is 17.7 Å². The number of carbonyl (C=O) groups is 1. The first-order valence-corrected chi connectivity index (χ1v) is 5.41. The molecule has 1 aromatic rings. The molecule has 0 fully saturated rings. The summed E-state index contributed by atoms with van der Waals surface area (Å²) >= 11 is 0. The van der Waals surface area contributed by atoms with Gasteiger partial charge in [0.2, 0.25) is 0 Å². The molecule has 1 aliphatic carbocycles. The fraction of sp³-hybridized carbons (Fsp3) is 0.636. The van der Waals surface area contributed by atoms with Crippen LogP contribution in [0.25, 0.3) is 0 Å². The van der Waals surface area contributed by atoms with Crippen molar-refractivity contribution in [1.29, 1.82) is 0 Å². The molecule has 4 nitrogen and oxygen atoms in total. The van der Waals surface area contributed by atoms with Crippen LogP contribution in [-0.4, -0.2) is 20.6 Å². The van der Waals surface area contributed by atoms with Crippen LogP contribution in [0.15, 0.2) is 6.33 Å². The Bertz CT molecular complexity index is 371. The highest BCUT2D eigenvalue weighted by Crippen LogP contribution is 2.24. The summed E-state index contributed by atoms with van der Waals surface area (Å²) in [5.74, 6) is -0.0564. The molecular formula is C11H16N2O2. The van der Waals surface area contributed by atoms with Crippen LogP contribution in [0.5, 0.6) is 0 Å². The van der Waals surface area contributed by atoms with Crippen LogP contribution in [0.4, 0.5) is 0 Å². The van der Waals surface area contributed by atoms with Gasteiger partial charge in [0.1, 0.15) is 0 Å². The number of aromatic nitrogens is 2. The van der Waals surface area contributed by atoms with Gasteiger partial charge in [-0.15, -0.1) is 0 Å². The van der Waals surface area contributed by atoms with Gasteiger partial charge in [0, 0.05) is 12.2 Å². The standard InChI is InChI=1S/C11H16N2O2/c1-8-2-3-9-10(6-8)13(7-12-9)5-4-11(14)15/h7-8H,2-6H2,1H3,(H,14,15). The third-order valence-corrected chi connectivity index (χ3v) is 3.02. The number of nitrogens with zero attached hydrogens (tertiary/aromatic N) is 2. The Hall–Kier alpha value is -1.32. The van der Waals surface area contributed by atoms with Gasteiger partial charge in [-0.25, -0.2) is 4.98 Å². The molecule has 2 rings (SSSR count). The number of carboxylic acids is 1. The van der Waals surface area contributed by atoms with Crippen molar-refractivity contribution < 1.29 is 9.90 Å². The van der Waals surface area contributed by atoms with Gasteiger partial charge in [-0.3, -0.25) is 4.79 Å². The molecule has 15 heavy (non-hydrogen) atoms. The predicted molar refractivity (Wildman–Crippen MR) is 55.7 cm³/mol. The van der Waals surface area contributed by atoms with E-state index in [2.05, 4.69) is 11.9 Å². The Balaban J connectivity index is 2.12. The Morgan fingerprint density at radius 2 is 2.53 bits per heavy atom. The smallest absolute Gasteiger partial charge is 0.305 e. The highest BCUT2D eigenvalue weighted by molar-refractivity contribution is 5.66. The third-order valence-electron chi connectivity index (χ3n) is 3.02. The predicted octanol–water partition coefficient (Wildman–Crippen LogP) is 1.48. The van der Waals surface area contributed by atoms with Gasteiger partial charge >= 0.3 is 5.97 Å². The van der Waals surface area contributed by atoms with E-state index in [4.69, 9.17) is 5.11 Å². The number of fused-ring (bicyclic) bond motifs is 1. The number of imidazole rings is 1. The molecule has 0 aromatic carbocycles. The van der Waals surface area contributed by atoms with Gasteiger partial charge < -0.3 is 9.67 Å². The molecule has 0 bridgehead atoms. The molecule has 0 spiro atoms. The molecule has 0 saturated heterocycles. The van der Waals surface area contributed by atoms with Crippen molar-refractivity contribution in [3.8, 4) is 0 Å². The normalized spacial score (nSPS) is 19.9. The highest BCUT2D eigenvalue weighted by atomic mass is 16.4. The van der Waals surface area contributed by atoms with Gasteiger partial charge in [0.25, 0.3) is 0 Å². The molecule has 1 aromatic heterocycles. The van der Waals surface area contributed by atoms with Crippen molar-refractivity contribution in [2.45, 2.75) is 39.2 Å². The zero-order chi connectivity index (χ0) is 10.8. The molecule has 1 atom stereocenters. The molecular weight excluding hydrogens is 192 g/mol. The highest BCUT2D eigenvalue weighted by Gasteiger charge is 2.19. The first-order chi connectivity index (χ1) is 7.16. The molecule has 1 N–H and O–H groups in total. The average molecular weight is 208 g/mol. The van der Waals surface area contributed by atoms with Crippen molar-refractivity contribution in [2.24, 2.45) is 5.92 Å². The second-order valence-corrected chi connectivity index (χ2v) is 4.32. The Morgan fingerprint density at radius 3 is 3.27 bits per heavy atom. The maximum atomic E-state index is 10.5. The fourth-order valence-electron chi connectivity index (χ4n) is 2.12. The summed E-state index contributed by atoms with van der Waals surface area (Å²) in [6, 6.07) is 0. The summed E-state index contributed by atoms with van der Waals surface area (Å²) in [6.45, 7) is 2.78. The maximum Gasteiger partial charge on any atom is 0.305 e. The molecule has 0 aliphatic heterocycles. The van der Waals surface area contributed by atoms with Gasteiger partial charge in [-0.2, -0.15) is 0 Å². The average Bonchev–Trinajstić information content (AvgIpc) is 2.57. The molecule has 4 heteroatoms. The lowest BCUT2D eigenvalue weighted by molar-refractivity contribution is -0.137. The minimum Gasteiger partial charge on any atom is -0.481 e. The first kappa shape index (κ1) is 10.2. The van der Waals surface area contributed by atoms with Gasteiger partial charge in [-0.1, -0.05) is 6.92 Å². The van der Waals surface area contributed by atoms with Crippen LogP contribution in [0.1, 0.15) is 31.2 Å². The SMILES string of the molecule is CC1CCc2ncn(CCC(=O)O)c2C1. The van der Waals surface area contributed by atoms with Crippen LogP contribution in [0.2, 0.25) is 0 Å². The minimum atomic E-state index is -0.749. The summed E-state index contributed by atoms with van der Waals surface area (Å²) in [4.78, 5) is 14.8. The Morgan fingerprint density at radius 1 is 1.73 bits per heavy atom. The zero-order valence-electron chi connectivity index (χ0n) is 8.94. The molecule has 1 heterocycles. The topological polar surface area (TPSA) is 55.1 Å². The van der Waals surface area contributed by atoms with Gasteiger partial charge in [-0.05, 0) is 25.2 Å². The van der Waals surface area contributed by atoms with E-state index in [1.807, 2.05) is 4.57 Å². The molecule has 0 saturated carbocycles. The number of carboxylic acid groups (broad SMARTS) is 1. The van der Waals surface area contributed by atoms with Crippen molar-refractivity contribution in [2.75, 3.05) is 0 Å². The van der Waals surface area contributed by atoms with Crippen molar-refractivity contribution >= 4 is 5.97 Å². The summed E-state index contributed by atoms with van der Waals surface area (Å²) in [7, 11) is 0. The number of aryl methyl sites for hydroxylation is 2. The van der Waals surface area contributed by atoms with Gasteiger partial charge in [0.15, 0.2) is 0 Å². The Labute approximate surface area is 88.9 Å². The van der Waals surface area contributed by atoms with Crippen LogP contribution in [0.3, 0.4) is 0 Å². The summed E-state index contributed by atoms with van der Waals surface area (Å²) < 4.78 is 2.00. The van der Waals surface area contributed by atoms with Crippen molar-refractivity contribution in [3.63, 3.8) is 0 Å². The lowest BCUT2D eigenvalue weighted by atomic mass is 9.91. The first-order valence-electron chi connectivity index (χ1n) is 5.41. The fourth-order valence-corrected chi connectivity index (χ4v) is 2.12. The largest absolute Gasteiger partial charge is 0.481 e. The van der Waals surface area contributed by atoms with Crippen LogP contribution in [-0.2, 0) is 24.2 Å². The van der Waals surface area contributed by atoms with E-state index in [9.17, 15) is 4.79 Å². The molecule has 1 aliphatic rings. The molecule has 0 amide bonds.